The quantitative estimate of drug-likeness (QED) is 0.519. The second-order valence-corrected chi connectivity index (χ2v) is 6.98. The Labute approximate surface area is 165 Å². The molecule has 8 heteroatoms. The largest absolute Gasteiger partial charge is 0.508 e. The summed E-state index contributed by atoms with van der Waals surface area (Å²) in [6, 6.07) is 10.7. The minimum absolute atomic E-state index is 0.0970. The van der Waals surface area contributed by atoms with Gasteiger partial charge in [0.05, 0.1) is 17.1 Å². The molecule has 29 heavy (non-hydrogen) atoms. The van der Waals surface area contributed by atoms with Crippen molar-refractivity contribution in [3.05, 3.63) is 59.0 Å². The first-order chi connectivity index (χ1) is 13.8. The van der Waals surface area contributed by atoms with Crippen LogP contribution in [-0.4, -0.2) is 51.1 Å². The van der Waals surface area contributed by atoms with Crippen molar-refractivity contribution in [2.75, 3.05) is 0 Å². The zero-order chi connectivity index (χ0) is 20.7. The highest BCUT2D eigenvalue weighted by atomic mass is 16.7. The van der Waals surface area contributed by atoms with E-state index in [4.69, 9.17) is 13.9 Å². The van der Waals surface area contributed by atoms with Crippen molar-refractivity contribution in [3.8, 4) is 22.6 Å². The van der Waals surface area contributed by atoms with E-state index in [1.807, 2.05) is 0 Å². The molecular weight excluding hydrogens is 380 g/mol. The second kappa shape index (κ2) is 7.49. The molecule has 1 fully saturated rings. The maximum Gasteiger partial charge on any atom is 0.229 e. The highest BCUT2D eigenvalue weighted by Gasteiger charge is 2.43. The van der Waals surface area contributed by atoms with E-state index in [9.17, 15) is 25.2 Å². The lowest BCUT2D eigenvalue weighted by Gasteiger charge is -2.38. The van der Waals surface area contributed by atoms with Crippen molar-refractivity contribution in [2.45, 2.75) is 37.6 Å². The van der Waals surface area contributed by atoms with Gasteiger partial charge in [-0.1, -0.05) is 12.1 Å². The third-order valence-electron chi connectivity index (χ3n) is 4.99. The van der Waals surface area contributed by atoms with Gasteiger partial charge in [0.1, 0.15) is 41.7 Å². The third-order valence-corrected chi connectivity index (χ3v) is 4.99. The van der Waals surface area contributed by atoms with Gasteiger partial charge in [-0.3, -0.25) is 4.79 Å². The first-order valence-corrected chi connectivity index (χ1v) is 9.06. The summed E-state index contributed by atoms with van der Waals surface area (Å²) in [5.41, 5.74) is 0.987. The van der Waals surface area contributed by atoms with Gasteiger partial charge in [0.2, 0.25) is 6.29 Å². The Morgan fingerprint density at radius 1 is 0.966 bits per heavy atom. The fourth-order valence-corrected chi connectivity index (χ4v) is 3.27. The van der Waals surface area contributed by atoms with Crippen LogP contribution in [0.1, 0.15) is 6.92 Å². The lowest BCUT2D eigenvalue weighted by atomic mass is 10.00. The molecule has 0 unspecified atom stereocenters. The molecule has 0 spiro atoms. The van der Waals surface area contributed by atoms with E-state index >= 15 is 0 Å². The summed E-state index contributed by atoms with van der Waals surface area (Å²) in [5.74, 6) is 0.359. The van der Waals surface area contributed by atoms with Crippen LogP contribution >= 0.6 is 0 Å². The van der Waals surface area contributed by atoms with E-state index in [0.29, 0.717) is 16.5 Å². The number of rotatable bonds is 3. The molecular formula is C21H20O8. The molecule has 4 N–H and O–H groups in total. The molecule has 2 aromatic carbocycles. The maximum atomic E-state index is 12.8. The average molecular weight is 400 g/mol. The highest BCUT2D eigenvalue weighted by Crippen LogP contribution is 2.27. The smallest absolute Gasteiger partial charge is 0.229 e. The molecule has 8 nitrogen and oxygen atoms in total. The summed E-state index contributed by atoms with van der Waals surface area (Å²) >= 11 is 0. The number of hydrogen-bond acceptors (Lipinski definition) is 8. The summed E-state index contributed by atoms with van der Waals surface area (Å²) in [5, 5.41) is 39.5. The molecule has 2 heterocycles. The summed E-state index contributed by atoms with van der Waals surface area (Å²) in [6.45, 7) is 1.56. The van der Waals surface area contributed by atoms with Crippen molar-refractivity contribution < 1.29 is 34.3 Å². The van der Waals surface area contributed by atoms with Crippen LogP contribution in [0.2, 0.25) is 0 Å². The standard InChI is InChI=1S/C21H20O8/c1-10-17(23)19(25)20(26)21(28-10)29-13-6-7-14-16(8-13)27-9-15(18(14)24)11-2-4-12(22)5-3-11/h2-10,17,19-23,25-26H,1H3/t10-,17-,19+,20+,21-/m0/s1. The third kappa shape index (κ3) is 3.58. The molecule has 1 saturated heterocycles. The van der Waals surface area contributed by atoms with E-state index in [-0.39, 0.29) is 22.5 Å². The molecule has 0 aliphatic carbocycles. The predicted octanol–water partition coefficient (Wildman–Crippen LogP) is 1.37. The number of aliphatic hydroxyl groups excluding tert-OH is 3. The molecule has 0 radical (unpaired) electrons. The van der Waals surface area contributed by atoms with E-state index in [0.717, 1.165) is 0 Å². The van der Waals surface area contributed by atoms with Crippen molar-refractivity contribution in [3.63, 3.8) is 0 Å². The SMILES string of the molecule is C[C@@H]1O[C@@H](Oc2ccc3c(=O)c(-c4ccc(O)cc4)coc3c2)[C@H](O)[C@H](O)[C@H]1O. The van der Waals surface area contributed by atoms with E-state index < -0.39 is 30.7 Å². The number of fused-ring (bicyclic) bond motifs is 1. The highest BCUT2D eigenvalue weighted by molar-refractivity contribution is 5.82. The van der Waals surface area contributed by atoms with Crippen LogP contribution in [0, 0.1) is 0 Å². The van der Waals surface area contributed by atoms with Gasteiger partial charge in [0.25, 0.3) is 0 Å². The average Bonchev–Trinajstić information content (AvgIpc) is 2.71. The van der Waals surface area contributed by atoms with Gasteiger partial charge < -0.3 is 34.3 Å². The Balaban J connectivity index is 1.63. The number of aromatic hydroxyl groups is 1. The zero-order valence-electron chi connectivity index (χ0n) is 15.4. The number of phenols is 1. The second-order valence-electron chi connectivity index (χ2n) is 6.98. The first-order valence-electron chi connectivity index (χ1n) is 9.06. The predicted molar refractivity (Wildman–Crippen MR) is 103 cm³/mol. The van der Waals surface area contributed by atoms with Crippen LogP contribution in [0.3, 0.4) is 0 Å². The van der Waals surface area contributed by atoms with Gasteiger partial charge in [-0.25, -0.2) is 0 Å². The molecule has 1 aromatic heterocycles. The molecule has 4 rings (SSSR count). The number of aliphatic hydroxyl groups is 3. The van der Waals surface area contributed by atoms with Gasteiger partial charge in [0.15, 0.2) is 5.43 Å². The molecule has 0 amide bonds. The summed E-state index contributed by atoms with van der Waals surface area (Å²) in [4.78, 5) is 12.8. The minimum Gasteiger partial charge on any atom is -0.508 e. The molecule has 1 aliphatic heterocycles. The van der Waals surface area contributed by atoms with Crippen LogP contribution in [0.25, 0.3) is 22.1 Å². The molecule has 3 aromatic rings. The van der Waals surface area contributed by atoms with E-state index in [1.165, 1.54) is 36.6 Å². The minimum atomic E-state index is -1.44. The summed E-state index contributed by atoms with van der Waals surface area (Å²) in [6.07, 6.45) is -4.67. The van der Waals surface area contributed by atoms with Crippen LogP contribution < -0.4 is 10.2 Å². The van der Waals surface area contributed by atoms with Crippen LogP contribution in [-0.2, 0) is 4.74 Å². The van der Waals surface area contributed by atoms with Gasteiger partial charge in [-0.2, -0.15) is 0 Å². The number of benzene rings is 2. The summed E-state index contributed by atoms with van der Waals surface area (Å²) < 4.78 is 16.6. The Kier molecular flexibility index (Phi) is 5.01. The van der Waals surface area contributed by atoms with Gasteiger partial charge in [0, 0.05) is 6.07 Å². The normalized spacial score (nSPS) is 27.1. The van der Waals surface area contributed by atoms with Crippen LogP contribution in [0.5, 0.6) is 11.5 Å². The Morgan fingerprint density at radius 2 is 1.69 bits per heavy atom. The van der Waals surface area contributed by atoms with Gasteiger partial charge in [-0.15, -0.1) is 0 Å². The van der Waals surface area contributed by atoms with E-state index in [1.54, 1.807) is 19.1 Å². The fourth-order valence-electron chi connectivity index (χ4n) is 3.27. The van der Waals surface area contributed by atoms with Crippen molar-refractivity contribution >= 4 is 11.0 Å². The van der Waals surface area contributed by atoms with Crippen LogP contribution in [0.15, 0.2) is 57.9 Å². The first kappa shape index (κ1) is 19.4. The van der Waals surface area contributed by atoms with Gasteiger partial charge >= 0.3 is 0 Å². The Hall–Kier alpha value is -2.91. The van der Waals surface area contributed by atoms with Gasteiger partial charge in [-0.05, 0) is 36.8 Å². The van der Waals surface area contributed by atoms with Crippen LogP contribution in [0.4, 0.5) is 0 Å². The maximum absolute atomic E-state index is 12.8. The topological polar surface area (TPSA) is 130 Å². The monoisotopic (exact) mass is 400 g/mol. The lowest BCUT2D eigenvalue weighted by molar-refractivity contribution is -0.268. The molecule has 1 aliphatic rings. The lowest BCUT2D eigenvalue weighted by Crippen LogP contribution is -2.58. The van der Waals surface area contributed by atoms with Crippen molar-refractivity contribution in [1.29, 1.82) is 0 Å². The Bertz CT molecular complexity index is 1070. The fraction of sp³-hybridized carbons (Fsp3) is 0.286. The zero-order valence-corrected chi connectivity index (χ0v) is 15.4. The summed E-state index contributed by atoms with van der Waals surface area (Å²) in [7, 11) is 0. The van der Waals surface area contributed by atoms with E-state index in [2.05, 4.69) is 0 Å². The van der Waals surface area contributed by atoms with Crippen molar-refractivity contribution in [1.82, 2.24) is 0 Å². The number of hydrogen-bond donors (Lipinski definition) is 4. The molecule has 5 atom stereocenters. The van der Waals surface area contributed by atoms with Crippen molar-refractivity contribution in [2.24, 2.45) is 0 Å². The molecule has 0 saturated carbocycles. The number of ether oxygens (including phenoxy) is 2. The number of phenolic OH excluding ortho intramolecular Hbond substituents is 1. The molecule has 152 valence electrons. The molecule has 0 bridgehead atoms. The Morgan fingerprint density at radius 3 is 2.41 bits per heavy atom.